The van der Waals surface area contributed by atoms with Crippen LogP contribution >= 0.6 is 0 Å². The molecule has 1 amide bonds. The van der Waals surface area contributed by atoms with Gasteiger partial charge in [-0.15, -0.1) is 0 Å². The molecule has 1 aliphatic rings. The molecule has 27 heavy (non-hydrogen) atoms. The monoisotopic (exact) mass is 377 g/mol. The Morgan fingerprint density at radius 1 is 1.30 bits per heavy atom. The van der Waals surface area contributed by atoms with Gasteiger partial charge in [0.15, 0.2) is 0 Å². The second-order valence-electron chi connectivity index (χ2n) is 7.36. The summed E-state index contributed by atoms with van der Waals surface area (Å²) in [5, 5.41) is 9.19. The van der Waals surface area contributed by atoms with E-state index in [2.05, 4.69) is 20.8 Å². The maximum absolute atomic E-state index is 12.6. The first kappa shape index (κ1) is 23.0. The Kier molecular flexibility index (Phi) is 9.33. The van der Waals surface area contributed by atoms with Gasteiger partial charge in [-0.3, -0.25) is 4.90 Å². The number of cyclic esters (lactones) is 1. The van der Waals surface area contributed by atoms with E-state index >= 15 is 0 Å². The standard InChI is InChI=1S/C22H35NO4/c1-6-10-19(12-11-18(9-4)20(24)25)23-16-22(14-7-2,27-21(23)26)15-13-17(5)8-3/h9-12,17H,6-8,13-16H2,1-5H3,(H,24,25)/b12-11-,18-9+,19-10-. The highest BCUT2D eigenvalue weighted by atomic mass is 16.6. The van der Waals surface area contributed by atoms with E-state index in [0.29, 0.717) is 18.2 Å². The van der Waals surface area contributed by atoms with Crippen LogP contribution in [0.1, 0.15) is 73.1 Å². The Morgan fingerprint density at radius 2 is 2.00 bits per heavy atom. The van der Waals surface area contributed by atoms with Crippen LogP contribution in [-0.2, 0) is 9.53 Å². The summed E-state index contributed by atoms with van der Waals surface area (Å²) in [6.45, 7) is 10.7. The van der Waals surface area contributed by atoms with E-state index in [1.165, 1.54) is 12.2 Å². The largest absolute Gasteiger partial charge is 0.478 e. The van der Waals surface area contributed by atoms with Crippen molar-refractivity contribution in [2.24, 2.45) is 5.92 Å². The summed E-state index contributed by atoms with van der Waals surface area (Å²) in [5.41, 5.74) is 0.442. The summed E-state index contributed by atoms with van der Waals surface area (Å²) in [5.74, 6) is -0.382. The van der Waals surface area contributed by atoms with E-state index in [-0.39, 0.29) is 11.7 Å². The first-order valence-corrected chi connectivity index (χ1v) is 10.1. The molecule has 152 valence electrons. The second kappa shape index (κ2) is 11.0. The van der Waals surface area contributed by atoms with Crippen molar-refractivity contribution < 1.29 is 19.4 Å². The van der Waals surface area contributed by atoms with Gasteiger partial charge in [0.25, 0.3) is 0 Å². The second-order valence-corrected chi connectivity index (χ2v) is 7.36. The number of allylic oxidation sites excluding steroid dienone is 3. The molecule has 2 atom stereocenters. The minimum Gasteiger partial charge on any atom is -0.478 e. The van der Waals surface area contributed by atoms with Crippen LogP contribution in [0, 0.1) is 5.92 Å². The molecule has 0 aliphatic carbocycles. The van der Waals surface area contributed by atoms with Gasteiger partial charge in [0.2, 0.25) is 0 Å². The van der Waals surface area contributed by atoms with Gasteiger partial charge < -0.3 is 9.84 Å². The van der Waals surface area contributed by atoms with E-state index in [1.54, 1.807) is 17.9 Å². The number of hydrogen-bond acceptors (Lipinski definition) is 3. The maximum Gasteiger partial charge on any atom is 0.415 e. The molecule has 0 saturated carbocycles. The number of aliphatic carboxylic acids is 1. The molecule has 1 N–H and O–H groups in total. The smallest absolute Gasteiger partial charge is 0.415 e. The Balaban J connectivity index is 3.04. The molecule has 2 unspecified atom stereocenters. The van der Waals surface area contributed by atoms with Crippen molar-refractivity contribution in [3.05, 3.63) is 35.6 Å². The van der Waals surface area contributed by atoms with Gasteiger partial charge in [0.1, 0.15) is 5.60 Å². The zero-order valence-electron chi connectivity index (χ0n) is 17.5. The van der Waals surface area contributed by atoms with Gasteiger partial charge in [0, 0.05) is 5.70 Å². The Bertz CT molecular complexity index is 605. The van der Waals surface area contributed by atoms with Crippen LogP contribution < -0.4 is 0 Å². The summed E-state index contributed by atoms with van der Waals surface area (Å²) < 4.78 is 5.89. The highest BCUT2D eigenvalue weighted by molar-refractivity contribution is 5.89. The lowest BCUT2D eigenvalue weighted by molar-refractivity contribution is -0.132. The summed E-state index contributed by atoms with van der Waals surface area (Å²) >= 11 is 0. The van der Waals surface area contributed by atoms with Gasteiger partial charge in [-0.1, -0.05) is 52.7 Å². The zero-order valence-corrected chi connectivity index (χ0v) is 17.5. The van der Waals surface area contributed by atoms with Crippen LogP contribution in [0.5, 0.6) is 0 Å². The molecule has 1 heterocycles. The summed E-state index contributed by atoms with van der Waals surface area (Å²) in [6.07, 6.45) is 11.9. The Morgan fingerprint density at radius 3 is 2.52 bits per heavy atom. The molecule has 0 spiro atoms. The maximum atomic E-state index is 12.6. The molecular weight excluding hydrogens is 342 g/mol. The zero-order chi connectivity index (χ0) is 20.4. The predicted molar refractivity (Wildman–Crippen MR) is 108 cm³/mol. The number of rotatable bonds is 11. The number of amides is 1. The van der Waals surface area contributed by atoms with Crippen molar-refractivity contribution in [1.82, 2.24) is 4.90 Å². The van der Waals surface area contributed by atoms with Crippen LogP contribution in [0.3, 0.4) is 0 Å². The predicted octanol–water partition coefficient (Wildman–Crippen LogP) is 5.68. The third-order valence-corrected chi connectivity index (χ3v) is 5.18. The van der Waals surface area contributed by atoms with E-state index in [0.717, 1.165) is 38.5 Å². The molecule has 1 fully saturated rings. The fourth-order valence-corrected chi connectivity index (χ4v) is 3.32. The number of hydrogen-bond donors (Lipinski definition) is 1. The van der Waals surface area contributed by atoms with E-state index in [9.17, 15) is 14.7 Å². The van der Waals surface area contributed by atoms with E-state index in [4.69, 9.17) is 4.74 Å². The lowest BCUT2D eigenvalue weighted by Crippen LogP contribution is -2.34. The lowest BCUT2D eigenvalue weighted by atomic mass is 9.88. The molecule has 0 radical (unpaired) electrons. The fraction of sp³-hybridized carbons (Fsp3) is 0.636. The molecule has 0 aromatic heterocycles. The van der Waals surface area contributed by atoms with Crippen LogP contribution in [0.25, 0.3) is 0 Å². The van der Waals surface area contributed by atoms with Crippen molar-refractivity contribution in [1.29, 1.82) is 0 Å². The van der Waals surface area contributed by atoms with Crippen LogP contribution in [-0.4, -0.2) is 34.2 Å². The van der Waals surface area contributed by atoms with Crippen molar-refractivity contribution >= 4 is 12.1 Å². The van der Waals surface area contributed by atoms with Crippen LogP contribution in [0.2, 0.25) is 0 Å². The summed E-state index contributed by atoms with van der Waals surface area (Å²) in [6, 6.07) is 0. The molecule has 5 nitrogen and oxygen atoms in total. The third-order valence-electron chi connectivity index (χ3n) is 5.18. The van der Waals surface area contributed by atoms with Gasteiger partial charge in [-0.05, 0) is 50.7 Å². The van der Waals surface area contributed by atoms with Gasteiger partial charge >= 0.3 is 12.1 Å². The summed E-state index contributed by atoms with van der Waals surface area (Å²) in [4.78, 5) is 25.5. The lowest BCUT2D eigenvalue weighted by Gasteiger charge is -2.28. The molecule has 5 heteroatoms. The molecule has 0 aromatic carbocycles. The Labute approximate surface area is 163 Å². The molecular formula is C22H35NO4. The minimum atomic E-state index is -0.984. The van der Waals surface area contributed by atoms with E-state index < -0.39 is 11.6 Å². The van der Waals surface area contributed by atoms with Crippen molar-refractivity contribution in [3.8, 4) is 0 Å². The molecule has 1 aliphatic heterocycles. The molecule has 0 bridgehead atoms. The average Bonchev–Trinajstić information content (AvgIpc) is 2.95. The van der Waals surface area contributed by atoms with Crippen molar-refractivity contribution in [2.75, 3.05) is 6.54 Å². The van der Waals surface area contributed by atoms with Crippen LogP contribution in [0.15, 0.2) is 35.6 Å². The quantitative estimate of drug-likeness (QED) is 0.371. The number of carbonyl (C=O) groups is 2. The molecule has 1 saturated heterocycles. The molecule has 1 rings (SSSR count). The number of carbonyl (C=O) groups excluding carboxylic acids is 1. The SMILES string of the molecule is C\C=C(/C=C\C(=C\CC)N1CC(CCC)(CCC(C)CC)OC1=O)C(=O)O. The topological polar surface area (TPSA) is 66.8 Å². The van der Waals surface area contributed by atoms with Gasteiger partial charge in [0.05, 0.1) is 12.1 Å². The van der Waals surface area contributed by atoms with Gasteiger partial charge in [-0.25, -0.2) is 9.59 Å². The number of carboxylic acid groups (broad SMARTS) is 1. The van der Waals surface area contributed by atoms with Crippen molar-refractivity contribution in [3.63, 3.8) is 0 Å². The first-order chi connectivity index (χ1) is 12.8. The highest BCUT2D eigenvalue weighted by Gasteiger charge is 2.45. The number of carboxylic acids is 1. The fourth-order valence-electron chi connectivity index (χ4n) is 3.32. The van der Waals surface area contributed by atoms with Crippen molar-refractivity contribution in [2.45, 2.75) is 78.7 Å². The first-order valence-electron chi connectivity index (χ1n) is 10.1. The number of ether oxygens (including phenoxy) is 1. The van der Waals surface area contributed by atoms with E-state index in [1.807, 2.05) is 13.0 Å². The normalized spacial score (nSPS) is 22.4. The van der Waals surface area contributed by atoms with Crippen LogP contribution in [0.4, 0.5) is 4.79 Å². The highest BCUT2D eigenvalue weighted by Crippen LogP contribution is 2.35. The Hall–Kier alpha value is -2.04. The summed E-state index contributed by atoms with van der Waals surface area (Å²) in [7, 11) is 0. The minimum absolute atomic E-state index is 0.196. The van der Waals surface area contributed by atoms with Gasteiger partial charge in [-0.2, -0.15) is 0 Å². The molecule has 0 aromatic rings. The average molecular weight is 378 g/mol. The third kappa shape index (κ3) is 6.56. The number of nitrogens with zero attached hydrogens (tertiary/aromatic N) is 1.